The maximum absolute atomic E-state index is 12.6. The van der Waals surface area contributed by atoms with E-state index in [1.165, 1.54) is 0 Å². The Labute approximate surface area is 152 Å². The van der Waals surface area contributed by atoms with Gasteiger partial charge in [0.05, 0.1) is 11.8 Å². The fraction of sp³-hybridized carbons (Fsp3) is 0.450. The van der Waals surface area contributed by atoms with Crippen LogP contribution in [0, 0.1) is 11.8 Å². The van der Waals surface area contributed by atoms with Crippen molar-refractivity contribution in [3.05, 3.63) is 42.0 Å². The van der Waals surface area contributed by atoms with E-state index in [2.05, 4.69) is 5.32 Å². The predicted octanol–water partition coefficient (Wildman–Crippen LogP) is 2.92. The number of amides is 2. The predicted molar refractivity (Wildman–Crippen MR) is 97.8 cm³/mol. The van der Waals surface area contributed by atoms with Gasteiger partial charge in [0.25, 0.3) is 5.91 Å². The van der Waals surface area contributed by atoms with Crippen LogP contribution >= 0.6 is 0 Å². The van der Waals surface area contributed by atoms with Gasteiger partial charge in [-0.15, -0.1) is 0 Å². The Morgan fingerprint density at radius 3 is 2.38 bits per heavy atom. The number of carbonyl (C=O) groups is 3. The van der Waals surface area contributed by atoms with Crippen LogP contribution in [0.3, 0.4) is 0 Å². The van der Waals surface area contributed by atoms with Gasteiger partial charge in [0.15, 0.2) is 0 Å². The average molecular weight is 356 g/mol. The Kier molecular flexibility index (Phi) is 5.71. The van der Waals surface area contributed by atoms with E-state index in [0.29, 0.717) is 24.1 Å². The van der Waals surface area contributed by atoms with Gasteiger partial charge in [0.1, 0.15) is 0 Å². The molecule has 26 heavy (non-hydrogen) atoms. The third-order valence-electron chi connectivity index (χ3n) is 5.11. The number of likely N-dealkylation sites (tertiary alicyclic amines) is 1. The highest BCUT2D eigenvalue weighted by Gasteiger charge is 2.34. The largest absolute Gasteiger partial charge is 0.481 e. The quantitative estimate of drug-likeness (QED) is 0.812. The zero-order valence-corrected chi connectivity index (χ0v) is 14.7. The summed E-state index contributed by atoms with van der Waals surface area (Å²) in [6.45, 7) is 1.54. The van der Waals surface area contributed by atoms with Crippen molar-refractivity contribution < 1.29 is 19.5 Å². The number of nitrogens with zero attached hydrogens (tertiary/aromatic N) is 1. The van der Waals surface area contributed by atoms with Crippen LogP contribution in [0.5, 0.6) is 0 Å². The normalized spacial score (nSPS) is 22.7. The van der Waals surface area contributed by atoms with Gasteiger partial charge in [-0.05, 0) is 50.3 Å². The van der Waals surface area contributed by atoms with Crippen LogP contribution in [-0.2, 0) is 9.59 Å². The molecule has 0 unspecified atom stereocenters. The Morgan fingerprint density at radius 1 is 1.00 bits per heavy atom. The summed E-state index contributed by atoms with van der Waals surface area (Å²) in [7, 11) is 0. The Bertz CT molecular complexity index is 722. The topological polar surface area (TPSA) is 86.7 Å². The zero-order chi connectivity index (χ0) is 18.5. The van der Waals surface area contributed by atoms with E-state index < -0.39 is 17.8 Å². The molecule has 1 fully saturated rings. The number of rotatable bonds is 4. The second kappa shape index (κ2) is 8.17. The Balaban J connectivity index is 1.70. The van der Waals surface area contributed by atoms with Gasteiger partial charge in [0.2, 0.25) is 5.91 Å². The lowest BCUT2D eigenvalue weighted by Gasteiger charge is -2.27. The molecule has 6 nitrogen and oxygen atoms in total. The van der Waals surface area contributed by atoms with Crippen molar-refractivity contribution in [2.45, 2.75) is 32.1 Å². The fourth-order valence-electron chi connectivity index (χ4n) is 3.62. The summed E-state index contributed by atoms with van der Waals surface area (Å²) in [6, 6.07) is 6.88. The van der Waals surface area contributed by atoms with Gasteiger partial charge in [0, 0.05) is 24.3 Å². The van der Waals surface area contributed by atoms with Gasteiger partial charge in [-0.25, -0.2) is 0 Å². The molecule has 3 rings (SSSR count). The number of benzene rings is 1. The van der Waals surface area contributed by atoms with Crippen molar-refractivity contribution in [1.29, 1.82) is 0 Å². The van der Waals surface area contributed by atoms with Crippen molar-refractivity contribution in [2.75, 3.05) is 18.4 Å². The SMILES string of the molecule is O=C(O)[C@H]1CC=CC[C@H]1C(=O)Nc1cccc(C(=O)N2CCCCC2)c1. The molecule has 1 aromatic carbocycles. The van der Waals surface area contributed by atoms with E-state index in [-0.39, 0.29) is 11.8 Å². The summed E-state index contributed by atoms with van der Waals surface area (Å²) in [5.74, 6) is -2.60. The number of aliphatic carboxylic acids is 1. The van der Waals surface area contributed by atoms with Crippen molar-refractivity contribution in [3.8, 4) is 0 Å². The molecule has 0 radical (unpaired) electrons. The Morgan fingerprint density at radius 2 is 1.69 bits per heavy atom. The molecular formula is C20H24N2O4. The lowest BCUT2D eigenvalue weighted by atomic mass is 9.82. The molecule has 1 heterocycles. The van der Waals surface area contributed by atoms with Crippen molar-refractivity contribution in [2.24, 2.45) is 11.8 Å². The number of carbonyl (C=O) groups excluding carboxylic acids is 2. The Hall–Kier alpha value is -2.63. The maximum atomic E-state index is 12.6. The highest BCUT2D eigenvalue weighted by atomic mass is 16.4. The van der Waals surface area contributed by atoms with Gasteiger partial charge in [-0.2, -0.15) is 0 Å². The molecule has 1 aliphatic carbocycles. The summed E-state index contributed by atoms with van der Waals surface area (Å²) < 4.78 is 0. The van der Waals surface area contributed by atoms with E-state index in [9.17, 15) is 19.5 Å². The van der Waals surface area contributed by atoms with Crippen molar-refractivity contribution in [1.82, 2.24) is 4.90 Å². The number of hydrogen-bond donors (Lipinski definition) is 2. The first-order chi connectivity index (χ1) is 12.6. The monoisotopic (exact) mass is 356 g/mol. The van der Waals surface area contributed by atoms with E-state index >= 15 is 0 Å². The summed E-state index contributed by atoms with van der Waals surface area (Å²) in [6.07, 6.45) is 7.62. The van der Waals surface area contributed by atoms with Crippen molar-refractivity contribution in [3.63, 3.8) is 0 Å². The zero-order valence-electron chi connectivity index (χ0n) is 14.7. The molecular weight excluding hydrogens is 332 g/mol. The van der Waals surface area contributed by atoms with Crippen LogP contribution in [-0.4, -0.2) is 40.9 Å². The lowest BCUT2D eigenvalue weighted by Crippen LogP contribution is -2.36. The number of piperidine rings is 1. The highest BCUT2D eigenvalue weighted by molar-refractivity contribution is 5.98. The first-order valence-corrected chi connectivity index (χ1v) is 9.14. The van der Waals surface area contributed by atoms with E-state index in [1.54, 1.807) is 30.3 Å². The first kappa shape index (κ1) is 18.2. The summed E-state index contributed by atoms with van der Waals surface area (Å²) in [5.41, 5.74) is 1.07. The van der Waals surface area contributed by atoms with Gasteiger partial charge >= 0.3 is 5.97 Å². The molecule has 1 saturated heterocycles. The molecule has 2 aliphatic rings. The first-order valence-electron chi connectivity index (χ1n) is 9.14. The van der Waals surface area contributed by atoms with Crippen LogP contribution in [0.4, 0.5) is 5.69 Å². The van der Waals surface area contributed by atoms with Gasteiger partial charge < -0.3 is 15.3 Å². The smallest absolute Gasteiger partial charge is 0.307 e. The summed E-state index contributed by atoms with van der Waals surface area (Å²) in [5, 5.41) is 12.1. The molecule has 1 aromatic rings. The van der Waals surface area contributed by atoms with Gasteiger partial charge in [-0.3, -0.25) is 14.4 Å². The number of anilines is 1. The number of nitrogens with one attached hydrogen (secondary N) is 1. The minimum atomic E-state index is -0.955. The van der Waals surface area contributed by atoms with Crippen molar-refractivity contribution >= 4 is 23.5 Å². The van der Waals surface area contributed by atoms with Crippen LogP contribution < -0.4 is 5.32 Å². The number of allylic oxidation sites excluding steroid dienone is 2. The number of carboxylic acid groups (broad SMARTS) is 1. The second-order valence-electron chi connectivity index (χ2n) is 6.92. The van der Waals surface area contributed by atoms with Crippen LogP contribution in [0.1, 0.15) is 42.5 Å². The molecule has 2 amide bonds. The molecule has 0 spiro atoms. The molecule has 2 atom stereocenters. The molecule has 0 bridgehead atoms. The highest BCUT2D eigenvalue weighted by Crippen LogP contribution is 2.27. The van der Waals surface area contributed by atoms with Crippen LogP contribution in [0.25, 0.3) is 0 Å². The maximum Gasteiger partial charge on any atom is 0.307 e. The summed E-state index contributed by atoms with van der Waals surface area (Å²) >= 11 is 0. The minimum Gasteiger partial charge on any atom is -0.481 e. The van der Waals surface area contributed by atoms with Gasteiger partial charge in [-0.1, -0.05) is 18.2 Å². The fourth-order valence-corrected chi connectivity index (χ4v) is 3.62. The third-order valence-corrected chi connectivity index (χ3v) is 5.11. The molecule has 1 aliphatic heterocycles. The molecule has 0 aromatic heterocycles. The molecule has 138 valence electrons. The lowest BCUT2D eigenvalue weighted by molar-refractivity contribution is -0.146. The summed E-state index contributed by atoms with van der Waals surface area (Å²) in [4.78, 5) is 38.4. The van der Waals surface area contributed by atoms with E-state index in [0.717, 1.165) is 32.4 Å². The van der Waals surface area contributed by atoms with Crippen LogP contribution in [0.15, 0.2) is 36.4 Å². The average Bonchev–Trinajstić information content (AvgIpc) is 2.68. The van der Waals surface area contributed by atoms with E-state index in [4.69, 9.17) is 0 Å². The number of carboxylic acids is 1. The number of hydrogen-bond acceptors (Lipinski definition) is 3. The standard InChI is InChI=1S/C20H24N2O4/c23-18(16-9-2-3-10-17(16)20(25)26)21-15-8-6-7-14(13-15)19(24)22-11-4-1-5-12-22/h2-3,6-8,13,16-17H,1,4-5,9-12H2,(H,21,23)(H,25,26)/t16-,17+/m1/s1. The molecule has 2 N–H and O–H groups in total. The molecule has 6 heteroatoms. The minimum absolute atomic E-state index is 0.0233. The van der Waals surface area contributed by atoms with Crippen LogP contribution in [0.2, 0.25) is 0 Å². The second-order valence-corrected chi connectivity index (χ2v) is 6.92. The third kappa shape index (κ3) is 4.12. The van der Waals surface area contributed by atoms with E-state index in [1.807, 2.05) is 11.0 Å². The molecule has 0 saturated carbocycles.